The predicted molar refractivity (Wildman–Crippen MR) is 88.7 cm³/mol. The summed E-state index contributed by atoms with van der Waals surface area (Å²) in [5, 5.41) is 14.8. The zero-order valence-electron chi connectivity index (χ0n) is 12.5. The fraction of sp³-hybridized carbons (Fsp3) is 0.500. The number of hydrogen-bond acceptors (Lipinski definition) is 8. The van der Waals surface area contributed by atoms with Crippen LogP contribution in [0.3, 0.4) is 0 Å². The Morgan fingerprint density at radius 3 is 3.22 bits per heavy atom. The van der Waals surface area contributed by atoms with E-state index < -0.39 is 0 Å². The zero-order chi connectivity index (χ0) is 15.9. The van der Waals surface area contributed by atoms with Crippen LogP contribution in [0.4, 0.5) is 5.13 Å². The quantitative estimate of drug-likeness (QED) is 0.702. The summed E-state index contributed by atoms with van der Waals surface area (Å²) < 4.78 is 11.5. The van der Waals surface area contributed by atoms with Gasteiger partial charge in [0.1, 0.15) is 5.76 Å². The molecule has 0 spiro atoms. The highest BCUT2D eigenvalue weighted by molar-refractivity contribution is 8.01. The monoisotopic (exact) mass is 354 g/mol. The standard InChI is InChI=1S/C14H18N4O3S2/c19-12(15-7-10-3-1-5-20-10)9-22-14-18-17-13(23-14)16-8-11-4-2-6-21-11/h2,4,6,10H,1,3,5,7-9H2,(H,15,19)(H,16,17). The Balaban J connectivity index is 1.35. The number of hydrogen-bond donors (Lipinski definition) is 2. The number of nitrogens with one attached hydrogen (secondary N) is 2. The van der Waals surface area contributed by atoms with Crippen molar-refractivity contribution in [3.8, 4) is 0 Å². The molecule has 0 saturated carbocycles. The molecule has 1 fully saturated rings. The first-order chi connectivity index (χ1) is 11.3. The van der Waals surface area contributed by atoms with Gasteiger partial charge < -0.3 is 19.8 Å². The Hall–Kier alpha value is -1.58. The molecule has 9 heteroatoms. The van der Waals surface area contributed by atoms with Gasteiger partial charge in [-0.1, -0.05) is 23.1 Å². The third kappa shape index (κ3) is 5.22. The summed E-state index contributed by atoms with van der Waals surface area (Å²) in [4.78, 5) is 11.8. The van der Waals surface area contributed by atoms with E-state index in [9.17, 15) is 4.79 Å². The Kier molecular flexibility index (Phi) is 5.89. The number of thioether (sulfide) groups is 1. The lowest BCUT2D eigenvalue weighted by atomic mass is 10.2. The SMILES string of the molecule is O=C(CSc1nnc(NCc2ccco2)s1)NCC1CCCO1. The van der Waals surface area contributed by atoms with Gasteiger partial charge in [0.05, 0.1) is 24.7 Å². The molecule has 1 unspecified atom stereocenters. The van der Waals surface area contributed by atoms with Crippen molar-refractivity contribution in [2.45, 2.75) is 29.8 Å². The molecule has 0 aliphatic carbocycles. The average molecular weight is 354 g/mol. The minimum absolute atomic E-state index is 0.00852. The summed E-state index contributed by atoms with van der Waals surface area (Å²) in [7, 11) is 0. The van der Waals surface area contributed by atoms with E-state index in [1.54, 1.807) is 6.26 Å². The lowest BCUT2D eigenvalue weighted by molar-refractivity contribution is -0.119. The summed E-state index contributed by atoms with van der Waals surface area (Å²) in [6, 6.07) is 3.73. The molecule has 2 aromatic rings. The van der Waals surface area contributed by atoms with Crippen LogP contribution in [0, 0.1) is 0 Å². The Labute approximate surface area is 142 Å². The number of amides is 1. The maximum absolute atomic E-state index is 11.8. The number of rotatable bonds is 8. The van der Waals surface area contributed by atoms with Gasteiger partial charge in [-0.05, 0) is 25.0 Å². The highest BCUT2D eigenvalue weighted by atomic mass is 32.2. The molecule has 1 aliphatic rings. The molecule has 124 valence electrons. The summed E-state index contributed by atoms with van der Waals surface area (Å²) in [6.45, 7) is 1.95. The highest BCUT2D eigenvalue weighted by Crippen LogP contribution is 2.25. The van der Waals surface area contributed by atoms with E-state index in [2.05, 4.69) is 20.8 Å². The molecule has 0 radical (unpaired) electrons. The van der Waals surface area contributed by atoms with Gasteiger partial charge in [-0.25, -0.2) is 0 Å². The lowest BCUT2D eigenvalue weighted by Gasteiger charge is -2.09. The van der Waals surface area contributed by atoms with Crippen LogP contribution in [0.1, 0.15) is 18.6 Å². The van der Waals surface area contributed by atoms with Crippen LogP contribution in [0.2, 0.25) is 0 Å². The molecule has 2 N–H and O–H groups in total. The Morgan fingerprint density at radius 2 is 2.43 bits per heavy atom. The van der Waals surface area contributed by atoms with Crippen molar-refractivity contribution in [1.82, 2.24) is 15.5 Å². The minimum atomic E-state index is -0.00852. The van der Waals surface area contributed by atoms with Gasteiger partial charge in [0.15, 0.2) is 4.34 Å². The van der Waals surface area contributed by atoms with Crippen molar-refractivity contribution < 1.29 is 13.9 Å². The van der Waals surface area contributed by atoms with Crippen molar-refractivity contribution in [1.29, 1.82) is 0 Å². The molecule has 23 heavy (non-hydrogen) atoms. The van der Waals surface area contributed by atoms with E-state index in [1.165, 1.54) is 23.1 Å². The van der Waals surface area contributed by atoms with E-state index in [-0.39, 0.29) is 12.0 Å². The van der Waals surface area contributed by atoms with Gasteiger partial charge in [-0.3, -0.25) is 4.79 Å². The largest absolute Gasteiger partial charge is 0.467 e. The molecule has 1 aliphatic heterocycles. The number of furan rings is 1. The van der Waals surface area contributed by atoms with Crippen molar-refractivity contribution in [2.75, 3.05) is 24.2 Å². The number of ether oxygens (including phenoxy) is 1. The normalized spacial score (nSPS) is 17.3. The van der Waals surface area contributed by atoms with Crippen LogP contribution >= 0.6 is 23.1 Å². The molecule has 1 saturated heterocycles. The fourth-order valence-corrected chi connectivity index (χ4v) is 3.70. The molecule has 7 nitrogen and oxygen atoms in total. The maximum Gasteiger partial charge on any atom is 0.230 e. The lowest BCUT2D eigenvalue weighted by Crippen LogP contribution is -2.32. The number of anilines is 1. The van der Waals surface area contributed by atoms with Crippen LogP contribution < -0.4 is 10.6 Å². The first-order valence-corrected chi connectivity index (χ1v) is 9.20. The Bertz CT molecular complexity index is 611. The van der Waals surface area contributed by atoms with Crippen LogP contribution in [-0.2, 0) is 16.1 Å². The predicted octanol–water partition coefficient (Wildman–Crippen LogP) is 2.13. The molecule has 0 bridgehead atoms. The van der Waals surface area contributed by atoms with Crippen molar-refractivity contribution in [3.05, 3.63) is 24.2 Å². The van der Waals surface area contributed by atoms with Gasteiger partial charge in [0.25, 0.3) is 0 Å². The summed E-state index contributed by atoms with van der Waals surface area (Å²) in [5.74, 6) is 1.16. The van der Waals surface area contributed by atoms with Gasteiger partial charge >= 0.3 is 0 Å². The smallest absolute Gasteiger partial charge is 0.230 e. The van der Waals surface area contributed by atoms with Crippen LogP contribution in [0.25, 0.3) is 0 Å². The van der Waals surface area contributed by atoms with E-state index in [0.29, 0.717) is 24.0 Å². The highest BCUT2D eigenvalue weighted by Gasteiger charge is 2.16. The summed E-state index contributed by atoms with van der Waals surface area (Å²) in [6.07, 6.45) is 3.90. The molecule has 3 rings (SSSR count). The van der Waals surface area contributed by atoms with Gasteiger partial charge in [-0.2, -0.15) is 0 Å². The summed E-state index contributed by atoms with van der Waals surface area (Å²) >= 11 is 2.81. The number of nitrogens with zero attached hydrogens (tertiary/aromatic N) is 2. The molecule has 2 aromatic heterocycles. The van der Waals surface area contributed by atoms with Crippen molar-refractivity contribution >= 4 is 34.1 Å². The molecular weight excluding hydrogens is 336 g/mol. The number of carbonyl (C=O) groups is 1. The van der Waals surface area contributed by atoms with Crippen LogP contribution in [-0.4, -0.2) is 41.1 Å². The van der Waals surface area contributed by atoms with Crippen LogP contribution in [0.15, 0.2) is 27.2 Å². The minimum Gasteiger partial charge on any atom is -0.467 e. The maximum atomic E-state index is 11.8. The van der Waals surface area contributed by atoms with Gasteiger partial charge in [0.2, 0.25) is 11.0 Å². The number of aromatic nitrogens is 2. The Morgan fingerprint density at radius 1 is 1.48 bits per heavy atom. The molecule has 1 amide bonds. The fourth-order valence-electron chi connectivity index (χ4n) is 2.13. The second-order valence-electron chi connectivity index (χ2n) is 5.03. The average Bonchev–Trinajstić information content (AvgIpc) is 3.31. The van der Waals surface area contributed by atoms with E-state index in [0.717, 1.165) is 29.5 Å². The molecular formula is C14H18N4O3S2. The first-order valence-electron chi connectivity index (χ1n) is 7.40. The van der Waals surface area contributed by atoms with E-state index >= 15 is 0 Å². The zero-order valence-corrected chi connectivity index (χ0v) is 14.1. The second kappa shape index (κ2) is 8.32. The first kappa shape index (κ1) is 16.3. The van der Waals surface area contributed by atoms with Gasteiger partial charge in [0, 0.05) is 13.2 Å². The third-order valence-corrected chi connectivity index (χ3v) is 5.29. The molecule has 0 aromatic carbocycles. The second-order valence-corrected chi connectivity index (χ2v) is 7.23. The third-order valence-electron chi connectivity index (χ3n) is 3.28. The molecule has 3 heterocycles. The van der Waals surface area contributed by atoms with E-state index in [4.69, 9.17) is 9.15 Å². The van der Waals surface area contributed by atoms with Gasteiger partial charge in [-0.15, -0.1) is 10.2 Å². The topological polar surface area (TPSA) is 89.3 Å². The van der Waals surface area contributed by atoms with Crippen LogP contribution in [0.5, 0.6) is 0 Å². The number of carbonyl (C=O) groups excluding carboxylic acids is 1. The van der Waals surface area contributed by atoms with Crippen molar-refractivity contribution in [3.63, 3.8) is 0 Å². The van der Waals surface area contributed by atoms with Crippen molar-refractivity contribution in [2.24, 2.45) is 0 Å². The molecule has 1 atom stereocenters. The van der Waals surface area contributed by atoms with E-state index in [1.807, 2.05) is 12.1 Å². The summed E-state index contributed by atoms with van der Waals surface area (Å²) in [5.41, 5.74) is 0.